The van der Waals surface area contributed by atoms with Crippen molar-refractivity contribution in [3.8, 4) is 22.9 Å². The largest absolute Gasteiger partial charge is 0.484 e. The fourth-order valence-electron chi connectivity index (χ4n) is 2.70. The van der Waals surface area contributed by atoms with Crippen LogP contribution in [0.1, 0.15) is 11.1 Å². The van der Waals surface area contributed by atoms with Gasteiger partial charge in [0, 0.05) is 18.2 Å². The molecule has 0 unspecified atom stereocenters. The Balaban J connectivity index is 2.27. The number of alkyl halides is 3. The first kappa shape index (κ1) is 17.0. The minimum Gasteiger partial charge on any atom is -0.484 e. The highest BCUT2D eigenvalue weighted by molar-refractivity contribution is 5.82. The van der Waals surface area contributed by atoms with Crippen molar-refractivity contribution in [2.24, 2.45) is 5.73 Å². The second kappa shape index (κ2) is 6.26. The van der Waals surface area contributed by atoms with Crippen LogP contribution in [0, 0.1) is 17.1 Å². The number of hydrogen-bond donors (Lipinski definition) is 2. The summed E-state index contributed by atoms with van der Waals surface area (Å²) >= 11 is 0. The number of fused-ring (bicyclic) bond motifs is 1. The molecule has 1 aliphatic rings. The molecule has 0 spiro atoms. The van der Waals surface area contributed by atoms with Gasteiger partial charge >= 0.3 is 6.18 Å². The molecule has 0 aliphatic carbocycles. The Morgan fingerprint density at radius 3 is 2.64 bits per heavy atom. The van der Waals surface area contributed by atoms with E-state index in [4.69, 9.17) is 15.7 Å². The van der Waals surface area contributed by atoms with Crippen LogP contribution in [-0.2, 0) is 6.18 Å². The van der Waals surface area contributed by atoms with Gasteiger partial charge in [-0.05, 0) is 29.8 Å². The zero-order valence-corrected chi connectivity index (χ0v) is 12.8. The van der Waals surface area contributed by atoms with Gasteiger partial charge in [-0.25, -0.2) is 4.39 Å². The Labute approximate surface area is 140 Å². The number of hydrogen-bond acceptors (Lipinski definition) is 4. The highest BCUT2D eigenvalue weighted by Gasteiger charge is 2.35. The van der Waals surface area contributed by atoms with Crippen molar-refractivity contribution in [1.29, 1.82) is 5.26 Å². The first-order valence-corrected chi connectivity index (χ1v) is 7.39. The molecule has 2 aromatic carbocycles. The van der Waals surface area contributed by atoms with E-state index < -0.39 is 23.7 Å². The van der Waals surface area contributed by atoms with Crippen molar-refractivity contribution in [3.63, 3.8) is 0 Å². The zero-order valence-electron chi connectivity index (χ0n) is 12.8. The number of benzene rings is 2. The van der Waals surface area contributed by atoms with E-state index in [0.29, 0.717) is 6.54 Å². The molecule has 0 bridgehead atoms. The van der Waals surface area contributed by atoms with Gasteiger partial charge in [0.05, 0.1) is 29.4 Å². The molecule has 0 amide bonds. The van der Waals surface area contributed by atoms with E-state index in [1.54, 1.807) is 6.07 Å². The van der Waals surface area contributed by atoms with Crippen LogP contribution < -0.4 is 15.8 Å². The Hall–Kier alpha value is -2.79. The van der Waals surface area contributed by atoms with Crippen LogP contribution in [-0.4, -0.2) is 19.2 Å². The maximum Gasteiger partial charge on any atom is 0.417 e. The summed E-state index contributed by atoms with van der Waals surface area (Å²) in [6.45, 7) is 0.463. The minimum atomic E-state index is -4.67. The van der Waals surface area contributed by atoms with Crippen LogP contribution in [0.15, 0.2) is 30.3 Å². The zero-order chi connectivity index (χ0) is 18.2. The van der Waals surface area contributed by atoms with Crippen molar-refractivity contribution in [2.75, 3.05) is 18.4 Å². The lowest BCUT2D eigenvalue weighted by Crippen LogP contribution is -2.37. The smallest absolute Gasteiger partial charge is 0.417 e. The fraction of sp³-hybridized carbons (Fsp3) is 0.235. The second-order valence-electron chi connectivity index (χ2n) is 5.56. The Morgan fingerprint density at radius 2 is 2.00 bits per heavy atom. The van der Waals surface area contributed by atoms with Gasteiger partial charge in [0.15, 0.2) is 5.75 Å². The molecule has 0 radical (unpaired) electrons. The minimum absolute atomic E-state index is 0.0279. The first-order valence-electron chi connectivity index (χ1n) is 7.39. The number of halogens is 4. The molecule has 130 valence electrons. The molecule has 1 atom stereocenters. The van der Waals surface area contributed by atoms with Gasteiger partial charge in [-0.3, -0.25) is 0 Å². The van der Waals surface area contributed by atoms with Crippen LogP contribution in [0.5, 0.6) is 5.75 Å². The number of nitriles is 1. The quantitative estimate of drug-likeness (QED) is 0.812. The summed E-state index contributed by atoms with van der Waals surface area (Å²) in [4.78, 5) is 0. The van der Waals surface area contributed by atoms with Crippen molar-refractivity contribution in [1.82, 2.24) is 0 Å². The monoisotopic (exact) mass is 351 g/mol. The van der Waals surface area contributed by atoms with Gasteiger partial charge in [0.2, 0.25) is 0 Å². The average molecular weight is 351 g/mol. The van der Waals surface area contributed by atoms with E-state index in [-0.39, 0.29) is 34.7 Å². The van der Waals surface area contributed by atoms with Crippen LogP contribution in [0.2, 0.25) is 0 Å². The molecule has 0 fully saturated rings. The van der Waals surface area contributed by atoms with E-state index in [0.717, 1.165) is 30.3 Å². The molecule has 1 heterocycles. The summed E-state index contributed by atoms with van der Waals surface area (Å²) in [6.07, 6.45) is -5.12. The van der Waals surface area contributed by atoms with Crippen LogP contribution in [0.25, 0.3) is 11.1 Å². The molecule has 2 aromatic rings. The van der Waals surface area contributed by atoms with Gasteiger partial charge in [-0.2, -0.15) is 18.4 Å². The Kier molecular flexibility index (Phi) is 4.27. The number of anilines is 1. The highest BCUT2D eigenvalue weighted by atomic mass is 19.4. The molecule has 0 aromatic heterocycles. The third-order valence-corrected chi connectivity index (χ3v) is 3.87. The first-order chi connectivity index (χ1) is 11.8. The number of nitrogens with zero attached hydrogens (tertiary/aromatic N) is 1. The number of nitrogens with one attached hydrogen (secondary N) is 1. The summed E-state index contributed by atoms with van der Waals surface area (Å²) < 4.78 is 59.8. The molecule has 25 heavy (non-hydrogen) atoms. The summed E-state index contributed by atoms with van der Waals surface area (Å²) in [7, 11) is 0. The Bertz CT molecular complexity index is 858. The molecule has 3 rings (SSSR count). The molecule has 0 saturated carbocycles. The topological polar surface area (TPSA) is 71.1 Å². The van der Waals surface area contributed by atoms with E-state index in [1.807, 2.05) is 0 Å². The summed E-state index contributed by atoms with van der Waals surface area (Å²) in [6, 6.07) is 6.86. The molecule has 4 nitrogen and oxygen atoms in total. The molecular formula is C17H13F4N3O. The maximum absolute atomic E-state index is 14.0. The van der Waals surface area contributed by atoms with Crippen LogP contribution in [0.4, 0.5) is 23.2 Å². The predicted molar refractivity (Wildman–Crippen MR) is 83.5 cm³/mol. The lowest BCUT2D eigenvalue weighted by atomic mass is 9.95. The summed E-state index contributed by atoms with van der Waals surface area (Å²) in [5.74, 6) is -0.629. The number of rotatable bonds is 2. The van der Waals surface area contributed by atoms with Crippen molar-refractivity contribution in [3.05, 3.63) is 47.3 Å². The molecular weight excluding hydrogens is 338 g/mol. The van der Waals surface area contributed by atoms with Crippen LogP contribution in [0.3, 0.4) is 0 Å². The molecule has 3 N–H and O–H groups in total. The van der Waals surface area contributed by atoms with Gasteiger partial charge in [-0.15, -0.1) is 0 Å². The molecule has 0 saturated heterocycles. The van der Waals surface area contributed by atoms with E-state index in [2.05, 4.69) is 5.32 Å². The Morgan fingerprint density at radius 1 is 1.24 bits per heavy atom. The molecule has 8 heteroatoms. The van der Waals surface area contributed by atoms with E-state index >= 15 is 0 Å². The van der Waals surface area contributed by atoms with E-state index in [9.17, 15) is 17.6 Å². The lowest BCUT2D eigenvalue weighted by molar-refractivity contribution is -0.137. The van der Waals surface area contributed by atoms with Crippen molar-refractivity contribution >= 4 is 5.69 Å². The van der Waals surface area contributed by atoms with Gasteiger partial charge in [-0.1, -0.05) is 0 Å². The predicted octanol–water partition coefficient (Wildman–Crippen LogP) is 3.51. The normalized spacial score (nSPS) is 16.4. The SMILES string of the molecule is N#Cc1ccc(C(F)(F)F)c(-c2cc(F)cc3c2O[C@H](CN)CN3)c1. The van der Waals surface area contributed by atoms with Crippen LogP contribution >= 0.6 is 0 Å². The lowest BCUT2D eigenvalue weighted by Gasteiger charge is -2.29. The van der Waals surface area contributed by atoms with Gasteiger partial charge in [0.1, 0.15) is 11.9 Å². The average Bonchev–Trinajstić information content (AvgIpc) is 2.59. The third kappa shape index (κ3) is 3.23. The molecule has 1 aliphatic heterocycles. The fourth-order valence-corrected chi connectivity index (χ4v) is 2.70. The highest BCUT2D eigenvalue weighted by Crippen LogP contribution is 2.45. The maximum atomic E-state index is 14.0. The number of ether oxygens (including phenoxy) is 1. The standard InChI is InChI=1S/C17H13F4N3O/c18-10-4-13(16-15(5-10)24-8-11(7-23)25-16)12-3-9(6-22)1-2-14(12)17(19,20)21/h1-5,11,24H,7-8,23H2/t11-/m1/s1. The van der Waals surface area contributed by atoms with Crippen molar-refractivity contribution < 1.29 is 22.3 Å². The number of nitrogens with two attached hydrogens (primary N) is 1. The van der Waals surface area contributed by atoms with E-state index in [1.165, 1.54) is 0 Å². The third-order valence-electron chi connectivity index (χ3n) is 3.87. The van der Waals surface area contributed by atoms with Gasteiger partial charge in [0.25, 0.3) is 0 Å². The summed E-state index contributed by atoms with van der Waals surface area (Å²) in [5, 5.41) is 11.9. The van der Waals surface area contributed by atoms with Crippen molar-refractivity contribution in [2.45, 2.75) is 12.3 Å². The van der Waals surface area contributed by atoms with Gasteiger partial charge < -0.3 is 15.8 Å². The summed E-state index contributed by atoms with van der Waals surface area (Å²) in [5.41, 5.74) is 4.46. The second-order valence-corrected chi connectivity index (χ2v) is 5.56.